The molecule has 0 radical (unpaired) electrons. The summed E-state index contributed by atoms with van der Waals surface area (Å²) in [6.07, 6.45) is -0.983. The van der Waals surface area contributed by atoms with Gasteiger partial charge in [0.15, 0.2) is 0 Å². The molecule has 4 N–H and O–H groups in total. The van der Waals surface area contributed by atoms with Crippen molar-refractivity contribution in [2.75, 3.05) is 70.5 Å². The monoisotopic (exact) mass is 768 g/mol. The molecule has 5 heterocycles. The fourth-order valence-electron chi connectivity index (χ4n) is 7.48. The number of likely N-dealkylation sites (tertiary alicyclic amines) is 2. The van der Waals surface area contributed by atoms with Crippen molar-refractivity contribution in [2.24, 2.45) is 0 Å². The second kappa shape index (κ2) is 15.0. The van der Waals surface area contributed by atoms with Crippen LogP contribution < -0.4 is 16.4 Å². The first kappa shape index (κ1) is 35.7. The first-order valence-corrected chi connectivity index (χ1v) is 18.6. The number of halogens is 4. The molecule has 3 fully saturated rings. The maximum Gasteiger partial charge on any atom is 0.418 e. The second-order valence-corrected chi connectivity index (χ2v) is 15.3. The largest absolute Gasteiger partial charge is 0.418 e. The molecule has 0 saturated carbocycles. The summed E-state index contributed by atoms with van der Waals surface area (Å²) in [6.45, 7) is 6.35. The van der Waals surface area contributed by atoms with Gasteiger partial charge < -0.3 is 30.7 Å². The number of carbonyl (C=O) groups is 3. The molecule has 5 amide bonds. The molecule has 49 heavy (non-hydrogen) atoms. The van der Waals surface area contributed by atoms with Crippen molar-refractivity contribution in [3.05, 3.63) is 44.7 Å². The Morgan fingerprint density at radius 2 is 1.71 bits per heavy atom. The van der Waals surface area contributed by atoms with Gasteiger partial charge in [0.1, 0.15) is 11.0 Å². The van der Waals surface area contributed by atoms with E-state index in [2.05, 4.69) is 43.4 Å². The molecule has 1 atom stereocenters. The lowest BCUT2D eigenvalue weighted by Gasteiger charge is -2.41. The molecule has 4 aliphatic heterocycles. The zero-order chi connectivity index (χ0) is 34.9. The van der Waals surface area contributed by atoms with Gasteiger partial charge in [-0.1, -0.05) is 0 Å². The molecule has 0 bridgehead atoms. The number of urea groups is 2. The number of hydrogen-bond donors (Lipinski definition) is 3. The van der Waals surface area contributed by atoms with E-state index < -0.39 is 29.5 Å². The van der Waals surface area contributed by atoms with Crippen molar-refractivity contribution in [3.8, 4) is 0 Å². The van der Waals surface area contributed by atoms with Crippen LogP contribution in [0.2, 0.25) is 0 Å². The van der Waals surface area contributed by atoms with Crippen molar-refractivity contribution < 1.29 is 27.6 Å². The number of nitrogens with two attached hydrogens (primary N) is 1. The van der Waals surface area contributed by atoms with Gasteiger partial charge >= 0.3 is 18.2 Å². The van der Waals surface area contributed by atoms with Crippen molar-refractivity contribution in [1.29, 1.82) is 0 Å². The molecule has 6 rings (SSSR count). The Labute approximate surface area is 297 Å². The van der Waals surface area contributed by atoms with E-state index >= 15 is 0 Å². The Kier molecular flexibility index (Phi) is 11.0. The van der Waals surface area contributed by atoms with Crippen LogP contribution in [-0.4, -0.2) is 120 Å². The number of hydrogen-bond acceptors (Lipinski definition) is 7. The Morgan fingerprint density at radius 3 is 2.43 bits per heavy atom. The minimum Gasteiger partial charge on any atom is -0.397 e. The third-order valence-corrected chi connectivity index (χ3v) is 11.9. The molecule has 0 unspecified atom stereocenters. The third kappa shape index (κ3) is 8.29. The smallest absolute Gasteiger partial charge is 0.397 e. The zero-order valence-electron chi connectivity index (χ0n) is 27.6. The quantitative estimate of drug-likeness (QED) is 0.362. The summed E-state index contributed by atoms with van der Waals surface area (Å²) in [5, 5.41) is 8.64. The van der Waals surface area contributed by atoms with E-state index in [1.165, 1.54) is 17.4 Å². The number of nitrogen functional groups attached to an aromatic ring is 1. The molecule has 1 aromatic carbocycles. The Balaban J connectivity index is 1.13. The summed E-state index contributed by atoms with van der Waals surface area (Å²) in [7, 11) is 2.13. The normalized spacial score (nSPS) is 21.2. The maximum atomic E-state index is 14.1. The fourth-order valence-corrected chi connectivity index (χ4v) is 8.78. The lowest BCUT2D eigenvalue weighted by atomic mass is 9.98. The highest BCUT2D eigenvalue weighted by atomic mass is 79.9. The lowest BCUT2D eigenvalue weighted by molar-refractivity contribution is -0.137. The third-order valence-electron chi connectivity index (χ3n) is 10.3. The average molecular weight is 770 g/mol. The van der Waals surface area contributed by atoms with Gasteiger partial charge in [-0.2, -0.15) is 13.2 Å². The molecule has 0 aliphatic carbocycles. The van der Waals surface area contributed by atoms with E-state index in [9.17, 15) is 27.6 Å². The van der Waals surface area contributed by atoms with E-state index in [0.29, 0.717) is 51.6 Å². The molecular weight excluding hydrogens is 725 g/mol. The molecule has 2 aromatic rings. The van der Waals surface area contributed by atoms with Gasteiger partial charge in [0.2, 0.25) is 5.91 Å². The highest BCUT2D eigenvalue weighted by Crippen LogP contribution is 2.38. The summed E-state index contributed by atoms with van der Waals surface area (Å²) in [6, 6.07) is 3.08. The SMILES string of the molecule is CN1CCCN(C2CCN(C(=O)[C@@H](Cc3cc(Br)c(N)c(C(F)(F)F)c3)NC(=O)N3CCC(N4Cc5ccsc5NC4=O)CC3)CC2)CC1. The van der Waals surface area contributed by atoms with E-state index in [4.69, 9.17) is 5.73 Å². The summed E-state index contributed by atoms with van der Waals surface area (Å²) in [5.74, 6) is -0.310. The van der Waals surface area contributed by atoms with Gasteiger partial charge in [-0.3, -0.25) is 15.0 Å². The van der Waals surface area contributed by atoms with Crippen LogP contribution in [0.15, 0.2) is 28.1 Å². The number of alkyl halides is 3. The molecule has 16 heteroatoms. The van der Waals surface area contributed by atoms with Crippen LogP contribution in [-0.2, 0) is 23.9 Å². The molecule has 0 spiro atoms. The van der Waals surface area contributed by atoms with Crippen LogP contribution in [0.25, 0.3) is 0 Å². The number of thiophene rings is 1. The molecule has 4 aliphatic rings. The van der Waals surface area contributed by atoms with Crippen LogP contribution in [0.1, 0.15) is 48.8 Å². The number of carbonyl (C=O) groups excluding carboxylic acids is 3. The average Bonchev–Trinajstić information content (AvgIpc) is 3.42. The number of nitrogens with zero attached hydrogens (tertiary/aromatic N) is 5. The number of benzene rings is 1. The van der Waals surface area contributed by atoms with Gasteiger partial charge in [-0.15, -0.1) is 11.3 Å². The lowest BCUT2D eigenvalue weighted by Crippen LogP contribution is -2.57. The zero-order valence-corrected chi connectivity index (χ0v) is 30.0. The van der Waals surface area contributed by atoms with Gasteiger partial charge in [0, 0.05) is 67.8 Å². The van der Waals surface area contributed by atoms with Crippen LogP contribution in [0.4, 0.5) is 33.4 Å². The molecule has 11 nitrogen and oxygen atoms in total. The van der Waals surface area contributed by atoms with Crippen molar-refractivity contribution in [2.45, 2.75) is 69.4 Å². The molecule has 1 aromatic heterocycles. The van der Waals surface area contributed by atoms with Crippen molar-refractivity contribution in [3.63, 3.8) is 0 Å². The first-order valence-electron chi connectivity index (χ1n) is 16.9. The number of piperidine rings is 2. The maximum absolute atomic E-state index is 14.1. The van der Waals surface area contributed by atoms with E-state index in [1.54, 1.807) is 14.7 Å². The van der Waals surface area contributed by atoms with E-state index in [1.807, 2.05) is 11.4 Å². The predicted octanol–water partition coefficient (Wildman–Crippen LogP) is 4.87. The number of rotatable bonds is 6. The number of fused-ring (bicyclic) bond motifs is 1. The van der Waals surface area contributed by atoms with E-state index in [0.717, 1.165) is 62.1 Å². The highest BCUT2D eigenvalue weighted by molar-refractivity contribution is 9.10. The first-order chi connectivity index (χ1) is 23.4. The molecule has 268 valence electrons. The van der Waals surface area contributed by atoms with Gasteiger partial charge in [-0.25, -0.2) is 9.59 Å². The van der Waals surface area contributed by atoms with Gasteiger partial charge in [0.25, 0.3) is 0 Å². The van der Waals surface area contributed by atoms with Crippen LogP contribution in [0.5, 0.6) is 0 Å². The van der Waals surface area contributed by atoms with Gasteiger partial charge in [0.05, 0.1) is 17.8 Å². The summed E-state index contributed by atoms with van der Waals surface area (Å²) < 4.78 is 41.6. The van der Waals surface area contributed by atoms with Gasteiger partial charge in [-0.05, 0) is 97.3 Å². The van der Waals surface area contributed by atoms with Crippen LogP contribution >= 0.6 is 27.3 Å². The Bertz CT molecular complexity index is 1530. The Morgan fingerprint density at radius 1 is 1.02 bits per heavy atom. The summed E-state index contributed by atoms with van der Waals surface area (Å²) in [5.41, 5.74) is 5.64. The van der Waals surface area contributed by atoms with Crippen LogP contribution in [0.3, 0.4) is 0 Å². The second-order valence-electron chi connectivity index (χ2n) is 13.5. The number of nitrogens with one attached hydrogen (secondary N) is 2. The number of anilines is 2. The standard InChI is InChI=1S/C33H44BrF3N8O3S/c1-41-8-2-9-42(15-14-41)23-3-10-43(11-4-23)30(46)27(19-21-17-25(33(35,36)37)28(38)26(34)18-21)39-31(47)44-12-5-24(6-13-44)45-20-22-7-16-49-29(22)40-32(45)48/h7,16-18,23-24,27H,2-6,8-15,19-20,38H2,1H3,(H,39,47)(H,40,48)/t27-/m1/s1. The summed E-state index contributed by atoms with van der Waals surface area (Å²) in [4.78, 5) is 50.5. The number of likely N-dealkylation sites (N-methyl/N-ethyl adjacent to an activating group) is 1. The Hall–Kier alpha value is -3.08. The minimum atomic E-state index is -4.68. The highest BCUT2D eigenvalue weighted by Gasteiger charge is 2.38. The molecule has 3 saturated heterocycles. The summed E-state index contributed by atoms with van der Waals surface area (Å²) >= 11 is 4.65. The van der Waals surface area contributed by atoms with Crippen molar-refractivity contribution in [1.82, 2.24) is 29.8 Å². The van der Waals surface area contributed by atoms with Crippen LogP contribution in [0, 0.1) is 0 Å². The topological polar surface area (TPSA) is 117 Å². The predicted molar refractivity (Wildman–Crippen MR) is 186 cm³/mol. The van der Waals surface area contributed by atoms with Crippen molar-refractivity contribution >= 4 is 55.9 Å². The number of amides is 5. The fraction of sp³-hybridized carbons (Fsp3) is 0.606. The molecular formula is C33H44BrF3N8O3S. The van der Waals surface area contributed by atoms with E-state index in [-0.39, 0.29) is 34.4 Å². The minimum absolute atomic E-state index is 0.0478.